The zero-order valence-corrected chi connectivity index (χ0v) is 19.2. The van der Waals surface area contributed by atoms with E-state index in [1.165, 1.54) is 47.9 Å². The Kier molecular flexibility index (Phi) is 8.27. The molecule has 1 aromatic carbocycles. The van der Waals surface area contributed by atoms with Crippen LogP contribution >= 0.6 is 0 Å². The molecule has 2 heterocycles. The van der Waals surface area contributed by atoms with Gasteiger partial charge in [-0.15, -0.1) is 0 Å². The molecule has 1 aliphatic heterocycles. The number of H-pyrrole nitrogens is 1. The van der Waals surface area contributed by atoms with Gasteiger partial charge in [0, 0.05) is 49.0 Å². The van der Waals surface area contributed by atoms with E-state index in [0.717, 1.165) is 43.1 Å². The Balaban J connectivity index is 0.000000391. The molecule has 5 nitrogen and oxygen atoms in total. The zero-order chi connectivity index (χ0) is 22.2. The number of anilines is 1. The monoisotopic (exact) mass is 419 g/mol. The zero-order valence-electron chi connectivity index (χ0n) is 19.2. The average Bonchev–Trinajstić information content (AvgIpc) is 3.42. The Labute approximate surface area is 187 Å². The molecule has 0 bridgehead atoms. The Hall–Kier alpha value is -2.63. The van der Waals surface area contributed by atoms with E-state index >= 15 is 0 Å². The maximum Gasteiger partial charge on any atom is 0.115 e. The molecule has 1 saturated carbocycles. The van der Waals surface area contributed by atoms with Crippen LogP contribution in [0.5, 0.6) is 0 Å². The van der Waals surface area contributed by atoms with Crippen molar-refractivity contribution in [2.75, 3.05) is 32.1 Å². The molecule has 0 amide bonds. The van der Waals surface area contributed by atoms with Crippen LogP contribution < -0.4 is 10.6 Å². The molecule has 2 aliphatic rings. The number of aromatic amines is 1. The van der Waals surface area contributed by atoms with Crippen molar-refractivity contribution >= 4 is 18.1 Å². The summed E-state index contributed by atoms with van der Waals surface area (Å²) in [7, 11) is 2.11. The molecule has 0 radical (unpaired) electrons. The molecule has 0 spiro atoms. The van der Waals surface area contributed by atoms with Gasteiger partial charge in [-0.1, -0.05) is 38.6 Å². The fraction of sp³-hybridized carbons (Fsp3) is 0.423. The number of benzene rings is 1. The number of aromatic nitrogens is 1. The second kappa shape index (κ2) is 11.1. The number of nitrogens with one attached hydrogen (secondary N) is 4. The fourth-order valence-corrected chi connectivity index (χ4v) is 3.96. The lowest BCUT2D eigenvalue weighted by Gasteiger charge is -2.14. The highest BCUT2D eigenvalue weighted by Crippen LogP contribution is 2.39. The van der Waals surface area contributed by atoms with Gasteiger partial charge in [-0.2, -0.15) is 0 Å². The predicted octanol–water partition coefficient (Wildman–Crippen LogP) is 5.28. The van der Waals surface area contributed by atoms with Crippen LogP contribution in [0.25, 0.3) is 17.2 Å². The smallest absolute Gasteiger partial charge is 0.115 e. The molecule has 31 heavy (non-hydrogen) atoms. The van der Waals surface area contributed by atoms with Gasteiger partial charge in [-0.25, -0.2) is 0 Å². The Morgan fingerprint density at radius 3 is 2.45 bits per heavy atom. The quantitative estimate of drug-likeness (QED) is 0.440. The van der Waals surface area contributed by atoms with Crippen molar-refractivity contribution < 1.29 is 0 Å². The van der Waals surface area contributed by atoms with Gasteiger partial charge in [0.05, 0.1) is 0 Å². The van der Waals surface area contributed by atoms with E-state index in [9.17, 15) is 0 Å². The van der Waals surface area contributed by atoms with Gasteiger partial charge in [0.1, 0.15) is 5.82 Å². The second-order valence-corrected chi connectivity index (χ2v) is 8.34. The molecule has 166 valence electrons. The van der Waals surface area contributed by atoms with E-state index in [4.69, 9.17) is 5.41 Å². The van der Waals surface area contributed by atoms with Crippen molar-refractivity contribution in [3.8, 4) is 11.1 Å². The number of likely N-dealkylation sites (N-methyl/N-ethyl adjacent to an activating group) is 1. The summed E-state index contributed by atoms with van der Waals surface area (Å²) in [4.78, 5) is 5.65. The number of rotatable bonds is 8. The van der Waals surface area contributed by atoms with E-state index in [1.54, 1.807) is 6.08 Å². The second-order valence-electron chi connectivity index (χ2n) is 8.34. The first-order chi connectivity index (χ1) is 15.1. The van der Waals surface area contributed by atoms with Crippen molar-refractivity contribution in [2.45, 2.75) is 39.5 Å². The maximum absolute atomic E-state index is 7.37. The van der Waals surface area contributed by atoms with Crippen LogP contribution in [0.2, 0.25) is 0 Å². The minimum absolute atomic E-state index is 0.598. The van der Waals surface area contributed by atoms with Gasteiger partial charge >= 0.3 is 0 Å². The molecule has 1 saturated heterocycles. The summed E-state index contributed by atoms with van der Waals surface area (Å²) >= 11 is 0. The highest BCUT2D eigenvalue weighted by atomic mass is 15.3. The summed E-state index contributed by atoms with van der Waals surface area (Å²) < 4.78 is 0. The van der Waals surface area contributed by atoms with Crippen LogP contribution in [-0.2, 0) is 12.8 Å². The topological polar surface area (TPSA) is 66.9 Å². The van der Waals surface area contributed by atoms with Crippen LogP contribution in [-0.4, -0.2) is 42.9 Å². The third-order valence-electron chi connectivity index (χ3n) is 5.96. The predicted molar refractivity (Wildman–Crippen MR) is 134 cm³/mol. The lowest BCUT2D eigenvalue weighted by molar-refractivity contribution is 0.412. The largest absolute Gasteiger partial charge is 0.347 e. The van der Waals surface area contributed by atoms with Crippen LogP contribution in [0.1, 0.15) is 43.4 Å². The van der Waals surface area contributed by atoms with E-state index in [1.807, 2.05) is 6.08 Å². The summed E-state index contributed by atoms with van der Waals surface area (Å²) in [5.41, 5.74) is 7.40. The van der Waals surface area contributed by atoms with Crippen molar-refractivity contribution in [1.82, 2.24) is 15.2 Å². The van der Waals surface area contributed by atoms with Gasteiger partial charge in [-0.3, -0.25) is 4.90 Å². The lowest BCUT2D eigenvalue weighted by atomic mass is 9.91. The normalized spacial score (nSPS) is 16.2. The van der Waals surface area contributed by atoms with E-state index < -0.39 is 0 Å². The summed E-state index contributed by atoms with van der Waals surface area (Å²) in [6.07, 6.45) is 11.6. The first-order valence-electron chi connectivity index (χ1n) is 11.4. The molecule has 4 rings (SSSR count). The molecule has 2 fully saturated rings. The molecular formula is C26H37N5. The molecular weight excluding hydrogens is 382 g/mol. The van der Waals surface area contributed by atoms with Gasteiger partial charge in [0.15, 0.2) is 0 Å². The minimum atomic E-state index is 0.598. The number of nitrogens with zero attached hydrogens (tertiary/aromatic N) is 1. The lowest BCUT2D eigenvalue weighted by Crippen LogP contribution is -2.15. The minimum Gasteiger partial charge on any atom is -0.347 e. The molecule has 0 atom stereocenters. The Morgan fingerprint density at radius 1 is 1.26 bits per heavy atom. The number of hydrogen-bond donors (Lipinski definition) is 4. The summed E-state index contributed by atoms with van der Waals surface area (Å²) in [6.45, 7) is 12.0. The summed E-state index contributed by atoms with van der Waals surface area (Å²) in [5, 5.41) is 14.0. The van der Waals surface area contributed by atoms with Gasteiger partial charge in [-0.05, 0) is 67.5 Å². The number of allylic oxidation sites excluding steroid dienone is 2. The van der Waals surface area contributed by atoms with Gasteiger partial charge in [0.2, 0.25) is 0 Å². The molecule has 1 aromatic heterocycles. The summed E-state index contributed by atoms with van der Waals surface area (Å²) in [5.74, 6) is 1.57. The summed E-state index contributed by atoms with van der Waals surface area (Å²) in [6, 6.07) is 6.57. The highest BCUT2D eigenvalue weighted by Gasteiger charge is 2.26. The molecule has 0 unspecified atom stereocenters. The standard InChI is InChI=1S/C22H27N3.C4H10N2/c1-4-16-8-6-9-17(5-2)21(16)20-14-24-22(19(20)10-7-13-23)25-15(3)18-11-12-18;1-6-3-2-5-4-6/h6-10,13-14,18,23-25H,3-5,11-12H2,1-2H3;5H,2-4H2,1H3/b10-7-,23-13?;. The van der Waals surface area contributed by atoms with Gasteiger partial charge < -0.3 is 21.0 Å². The van der Waals surface area contributed by atoms with Crippen LogP contribution in [0, 0.1) is 11.3 Å². The SMILES string of the molecule is C=C(Nc1[nH]cc(-c2c(CC)cccc2CC)c1/C=C\C=N)C1CC1.CN1CCNC1. The van der Waals surface area contributed by atoms with Crippen molar-refractivity contribution in [3.63, 3.8) is 0 Å². The number of aryl methyl sites for hydroxylation is 2. The molecule has 4 N–H and O–H groups in total. The maximum atomic E-state index is 7.37. The molecule has 2 aromatic rings. The third-order valence-corrected chi connectivity index (χ3v) is 5.96. The van der Waals surface area contributed by atoms with Crippen molar-refractivity contribution in [1.29, 1.82) is 5.41 Å². The van der Waals surface area contributed by atoms with E-state index in [2.05, 4.69) is 72.4 Å². The van der Waals surface area contributed by atoms with Crippen molar-refractivity contribution in [3.05, 3.63) is 59.4 Å². The highest BCUT2D eigenvalue weighted by molar-refractivity contribution is 5.89. The number of hydrogen-bond acceptors (Lipinski definition) is 4. The Morgan fingerprint density at radius 2 is 1.97 bits per heavy atom. The molecule has 1 aliphatic carbocycles. The first-order valence-corrected chi connectivity index (χ1v) is 11.4. The first kappa shape index (κ1) is 23.0. The average molecular weight is 420 g/mol. The molecule has 5 heteroatoms. The van der Waals surface area contributed by atoms with Gasteiger partial charge in [0.25, 0.3) is 0 Å². The third kappa shape index (κ3) is 5.96. The van der Waals surface area contributed by atoms with Crippen LogP contribution in [0.4, 0.5) is 5.82 Å². The van der Waals surface area contributed by atoms with E-state index in [0.29, 0.717) is 5.92 Å². The van der Waals surface area contributed by atoms with Crippen LogP contribution in [0.3, 0.4) is 0 Å². The van der Waals surface area contributed by atoms with E-state index in [-0.39, 0.29) is 0 Å². The Bertz CT molecular complexity index is 892. The van der Waals surface area contributed by atoms with Crippen LogP contribution in [0.15, 0.2) is 42.7 Å². The van der Waals surface area contributed by atoms with Crippen molar-refractivity contribution in [2.24, 2.45) is 5.92 Å². The fourth-order valence-electron chi connectivity index (χ4n) is 3.96.